The molecule has 0 unspecified atom stereocenters. The highest BCUT2D eigenvalue weighted by molar-refractivity contribution is 5.82. The molecule has 2 aromatic carbocycles. The molecule has 0 radical (unpaired) electrons. The lowest BCUT2D eigenvalue weighted by atomic mass is 10.1. The van der Waals surface area contributed by atoms with Crippen LogP contribution in [0.4, 0.5) is 0 Å². The number of hydrogen-bond donors (Lipinski definition) is 1. The van der Waals surface area contributed by atoms with Crippen molar-refractivity contribution in [2.75, 3.05) is 40.4 Å². The molecule has 0 aliphatic rings. The van der Waals surface area contributed by atoms with E-state index in [1.807, 2.05) is 0 Å². The van der Waals surface area contributed by atoms with Crippen molar-refractivity contribution in [2.45, 2.75) is 6.54 Å². The topological polar surface area (TPSA) is 24.5 Å². The first-order valence-corrected chi connectivity index (χ1v) is 7.15. The lowest BCUT2D eigenvalue weighted by molar-refractivity contribution is 0.161. The van der Waals surface area contributed by atoms with Gasteiger partial charge in [-0.15, -0.1) is 0 Å². The van der Waals surface area contributed by atoms with Gasteiger partial charge in [-0.05, 0) is 29.4 Å². The van der Waals surface area contributed by atoms with Crippen molar-refractivity contribution in [3.63, 3.8) is 0 Å². The van der Waals surface area contributed by atoms with Crippen molar-refractivity contribution in [3.8, 4) is 0 Å². The minimum absolute atomic E-state index is 0.793. The largest absolute Gasteiger partial charge is 0.383 e. The summed E-state index contributed by atoms with van der Waals surface area (Å²) < 4.78 is 5.07. The number of fused-ring (bicyclic) bond motifs is 1. The minimum Gasteiger partial charge on any atom is -0.383 e. The zero-order chi connectivity index (χ0) is 14.2. The Bertz CT molecular complexity index is 527. The number of methoxy groups -OCH3 is 1. The van der Waals surface area contributed by atoms with Gasteiger partial charge >= 0.3 is 0 Å². The monoisotopic (exact) mass is 272 g/mol. The number of nitrogens with zero attached hydrogens (tertiary/aromatic N) is 1. The summed E-state index contributed by atoms with van der Waals surface area (Å²) in [6, 6.07) is 15.1. The fourth-order valence-electron chi connectivity index (χ4n) is 2.21. The molecule has 0 aliphatic heterocycles. The van der Waals surface area contributed by atoms with Crippen molar-refractivity contribution >= 4 is 10.8 Å². The second-order valence-corrected chi connectivity index (χ2v) is 5.15. The first-order valence-electron chi connectivity index (χ1n) is 7.15. The van der Waals surface area contributed by atoms with Gasteiger partial charge in [-0.25, -0.2) is 0 Å². The molecule has 2 aromatic rings. The molecular weight excluding hydrogens is 248 g/mol. The summed E-state index contributed by atoms with van der Waals surface area (Å²) >= 11 is 0. The van der Waals surface area contributed by atoms with Gasteiger partial charge in [0.2, 0.25) is 0 Å². The van der Waals surface area contributed by atoms with Crippen LogP contribution in [0.2, 0.25) is 0 Å². The van der Waals surface area contributed by atoms with Crippen LogP contribution in [-0.4, -0.2) is 45.3 Å². The van der Waals surface area contributed by atoms with E-state index in [-0.39, 0.29) is 0 Å². The Hall–Kier alpha value is -1.42. The van der Waals surface area contributed by atoms with Crippen LogP contribution in [0.15, 0.2) is 42.5 Å². The molecule has 20 heavy (non-hydrogen) atoms. The van der Waals surface area contributed by atoms with Crippen LogP contribution in [0.1, 0.15) is 5.56 Å². The van der Waals surface area contributed by atoms with E-state index in [9.17, 15) is 0 Å². The summed E-state index contributed by atoms with van der Waals surface area (Å²) in [5, 5.41) is 6.10. The van der Waals surface area contributed by atoms with Crippen molar-refractivity contribution in [1.29, 1.82) is 0 Å². The Morgan fingerprint density at radius 2 is 1.85 bits per heavy atom. The van der Waals surface area contributed by atoms with E-state index < -0.39 is 0 Å². The maximum absolute atomic E-state index is 5.07. The smallest absolute Gasteiger partial charge is 0.0589 e. The molecule has 0 saturated carbocycles. The van der Waals surface area contributed by atoms with Crippen molar-refractivity contribution in [1.82, 2.24) is 10.2 Å². The molecule has 0 aliphatic carbocycles. The van der Waals surface area contributed by atoms with Crippen LogP contribution in [0.25, 0.3) is 10.8 Å². The highest BCUT2D eigenvalue weighted by atomic mass is 16.5. The summed E-state index contributed by atoms with van der Waals surface area (Å²) in [7, 11) is 3.86. The third kappa shape index (κ3) is 4.60. The maximum atomic E-state index is 5.07. The van der Waals surface area contributed by atoms with E-state index in [4.69, 9.17) is 4.74 Å². The molecule has 0 spiro atoms. The fraction of sp³-hybridized carbons (Fsp3) is 0.412. The van der Waals surface area contributed by atoms with Crippen LogP contribution < -0.4 is 5.32 Å². The van der Waals surface area contributed by atoms with E-state index in [0.717, 1.165) is 32.8 Å². The number of benzene rings is 2. The molecule has 0 atom stereocenters. The van der Waals surface area contributed by atoms with Gasteiger partial charge in [0.1, 0.15) is 0 Å². The maximum Gasteiger partial charge on any atom is 0.0589 e. The van der Waals surface area contributed by atoms with Crippen molar-refractivity contribution in [2.24, 2.45) is 0 Å². The molecule has 3 nitrogen and oxygen atoms in total. The van der Waals surface area contributed by atoms with Crippen LogP contribution in [0.5, 0.6) is 0 Å². The Morgan fingerprint density at radius 3 is 2.65 bits per heavy atom. The third-order valence-electron chi connectivity index (χ3n) is 3.49. The Morgan fingerprint density at radius 1 is 1.05 bits per heavy atom. The molecule has 2 rings (SSSR count). The summed E-state index contributed by atoms with van der Waals surface area (Å²) in [6.07, 6.45) is 0. The molecule has 1 N–H and O–H groups in total. The molecule has 108 valence electrons. The molecule has 0 bridgehead atoms. The predicted octanol–water partition coefficient (Wildman–Crippen LogP) is 2.51. The molecule has 0 amide bonds. The summed E-state index contributed by atoms with van der Waals surface area (Å²) in [5.74, 6) is 0. The number of rotatable bonds is 8. The number of ether oxygens (including phenoxy) is 1. The van der Waals surface area contributed by atoms with Crippen molar-refractivity contribution < 1.29 is 4.74 Å². The molecule has 0 heterocycles. The summed E-state index contributed by atoms with van der Waals surface area (Å²) in [6.45, 7) is 4.72. The van der Waals surface area contributed by atoms with Gasteiger partial charge in [-0.3, -0.25) is 0 Å². The SMILES string of the molecule is COCCN(C)CCNCc1ccc2ccccc2c1. The van der Waals surface area contributed by atoms with E-state index in [0.29, 0.717) is 0 Å². The standard InChI is InChI=1S/C17H24N2O/c1-19(11-12-20-2)10-9-18-14-15-7-8-16-5-3-4-6-17(16)13-15/h3-8,13,18H,9-12,14H2,1-2H3. The fourth-order valence-corrected chi connectivity index (χ4v) is 2.21. The first-order chi connectivity index (χ1) is 9.79. The average molecular weight is 272 g/mol. The Labute approximate surface area is 121 Å². The second kappa shape index (κ2) is 8.00. The normalized spacial score (nSPS) is 11.3. The molecule has 0 fully saturated rings. The number of nitrogens with one attached hydrogen (secondary N) is 1. The minimum atomic E-state index is 0.793. The van der Waals surface area contributed by atoms with Crippen LogP contribution in [0.3, 0.4) is 0 Å². The van der Waals surface area contributed by atoms with E-state index in [2.05, 4.69) is 59.7 Å². The highest BCUT2D eigenvalue weighted by Gasteiger charge is 1.98. The van der Waals surface area contributed by atoms with Gasteiger partial charge in [-0.2, -0.15) is 0 Å². The average Bonchev–Trinajstić information content (AvgIpc) is 2.49. The van der Waals surface area contributed by atoms with Gasteiger partial charge < -0.3 is 15.0 Å². The van der Waals surface area contributed by atoms with Crippen LogP contribution in [-0.2, 0) is 11.3 Å². The molecule has 0 aromatic heterocycles. The van der Waals surface area contributed by atoms with Crippen molar-refractivity contribution in [3.05, 3.63) is 48.0 Å². The van der Waals surface area contributed by atoms with E-state index in [1.54, 1.807) is 7.11 Å². The third-order valence-corrected chi connectivity index (χ3v) is 3.49. The highest BCUT2D eigenvalue weighted by Crippen LogP contribution is 2.15. The zero-order valence-corrected chi connectivity index (χ0v) is 12.4. The first kappa shape index (κ1) is 15.0. The van der Waals surface area contributed by atoms with E-state index >= 15 is 0 Å². The quantitative estimate of drug-likeness (QED) is 0.747. The number of hydrogen-bond acceptors (Lipinski definition) is 3. The second-order valence-electron chi connectivity index (χ2n) is 5.15. The predicted molar refractivity (Wildman–Crippen MR) is 85.0 cm³/mol. The van der Waals surface area contributed by atoms with Gasteiger partial charge in [-0.1, -0.05) is 36.4 Å². The summed E-state index contributed by atoms with van der Waals surface area (Å²) in [4.78, 5) is 2.27. The van der Waals surface area contributed by atoms with Gasteiger partial charge in [0.25, 0.3) is 0 Å². The molecule has 0 saturated heterocycles. The Kier molecular flexibility index (Phi) is 5.99. The van der Waals surface area contributed by atoms with Gasteiger partial charge in [0, 0.05) is 33.3 Å². The molecular formula is C17H24N2O. The summed E-state index contributed by atoms with van der Waals surface area (Å²) in [5.41, 5.74) is 1.34. The van der Waals surface area contributed by atoms with Gasteiger partial charge in [0.05, 0.1) is 6.61 Å². The molecule has 3 heteroatoms. The Balaban J connectivity index is 1.75. The van der Waals surface area contributed by atoms with Crippen LogP contribution in [0, 0.1) is 0 Å². The zero-order valence-electron chi connectivity index (χ0n) is 12.4. The lowest BCUT2D eigenvalue weighted by Gasteiger charge is -2.16. The van der Waals surface area contributed by atoms with E-state index in [1.165, 1.54) is 16.3 Å². The number of likely N-dealkylation sites (N-methyl/N-ethyl adjacent to an activating group) is 1. The van der Waals surface area contributed by atoms with Crippen LogP contribution >= 0.6 is 0 Å². The lowest BCUT2D eigenvalue weighted by Crippen LogP contribution is -2.31. The van der Waals surface area contributed by atoms with Gasteiger partial charge in [0.15, 0.2) is 0 Å².